The van der Waals surface area contributed by atoms with Gasteiger partial charge in [-0.2, -0.15) is 13.2 Å². The molecule has 1 aliphatic heterocycles. The van der Waals surface area contributed by atoms with Gasteiger partial charge in [0.2, 0.25) is 5.88 Å². The van der Waals surface area contributed by atoms with E-state index in [9.17, 15) is 22.4 Å². The Kier molecular flexibility index (Phi) is 5.10. The highest BCUT2D eigenvalue weighted by Gasteiger charge is 2.35. The maximum atomic E-state index is 14.4. The number of rotatable bonds is 3. The second-order valence-electron chi connectivity index (χ2n) is 6.79. The molecule has 0 aliphatic carbocycles. The Morgan fingerprint density at radius 3 is 2.63 bits per heavy atom. The summed E-state index contributed by atoms with van der Waals surface area (Å²) in [5.74, 6) is -2.46. The van der Waals surface area contributed by atoms with Gasteiger partial charge in [0, 0.05) is 32.5 Å². The molecule has 0 bridgehead atoms. The first-order valence-corrected chi connectivity index (χ1v) is 9.12. The number of fused-ring (bicyclic) bond motifs is 1. The molecule has 1 amide bonds. The Bertz CT molecular complexity index is 1100. The fraction of sp³-hybridized carbons (Fsp3) is 0.300. The van der Waals surface area contributed by atoms with E-state index in [0.29, 0.717) is 48.8 Å². The van der Waals surface area contributed by atoms with Gasteiger partial charge >= 0.3 is 6.18 Å². The molecule has 1 aliphatic rings. The van der Waals surface area contributed by atoms with Crippen LogP contribution in [0.4, 0.5) is 17.6 Å². The van der Waals surface area contributed by atoms with Gasteiger partial charge in [-0.05, 0) is 18.2 Å². The third-order valence-corrected chi connectivity index (χ3v) is 4.87. The Labute approximate surface area is 168 Å². The van der Waals surface area contributed by atoms with Crippen molar-refractivity contribution in [1.29, 1.82) is 0 Å². The summed E-state index contributed by atoms with van der Waals surface area (Å²) in [6.45, 7) is 1.76. The van der Waals surface area contributed by atoms with Crippen molar-refractivity contribution in [3.8, 4) is 11.6 Å². The number of hydrogen-bond donors (Lipinski definition) is 0. The number of amides is 1. The van der Waals surface area contributed by atoms with Crippen molar-refractivity contribution in [2.24, 2.45) is 7.05 Å². The zero-order valence-electron chi connectivity index (χ0n) is 15.9. The third kappa shape index (κ3) is 3.58. The smallest absolute Gasteiger partial charge is 0.419 e. The van der Waals surface area contributed by atoms with Crippen LogP contribution >= 0.6 is 0 Å². The zero-order valence-corrected chi connectivity index (χ0v) is 15.9. The summed E-state index contributed by atoms with van der Waals surface area (Å²) in [6, 6.07) is 4.39. The lowest BCUT2D eigenvalue weighted by atomic mass is 10.1. The number of benzene rings is 1. The van der Waals surface area contributed by atoms with Gasteiger partial charge in [0.15, 0.2) is 11.6 Å². The quantitative estimate of drug-likeness (QED) is 0.598. The number of pyridine rings is 1. The number of carbonyl (C=O) groups is 1. The minimum atomic E-state index is -4.85. The molecule has 0 unspecified atom stereocenters. The maximum Gasteiger partial charge on any atom is 0.419 e. The van der Waals surface area contributed by atoms with E-state index in [1.54, 1.807) is 28.8 Å². The number of aryl methyl sites for hydroxylation is 1. The zero-order chi connectivity index (χ0) is 21.5. The number of carbonyl (C=O) groups excluding carboxylic acids is 1. The van der Waals surface area contributed by atoms with Crippen LogP contribution in [0.25, 0.3) is 10.9 Å². The summed E-state index contributed by atoms with van der Waals surface area (Å²) in [4.78, 5) is 18.7. The van der Waals surface area contributed by atoms with Crippen molar-refractivity contribution in [2.75, 3.05) is 26.3 Å². The van der Waals surface area contributed by atoms with Crippen molar-refractivity contribution in [2.45, 2.75) is 6.18 Å². The van der Waals surface area contributed by atoms with Crippen molar-refractivity contribution in [3.05, 3.63) is 53.6 Å². The molecule has 158 valence electrons. The summed E-state index contributed by atoms with van der Waals surface area (Å²) in [7, 11) is 1.72. The van der Waals surface area contributed by atoms with Gasteiger partial charge in [0.05, 0.1) is 35.2 Å². The van der Waals surface area contributed by atoms with Crippen LogP contribution in [0.3, 0.4) is 0 Å². The van der Waals surface area contributed by atoms with E-state index < -0.39 is 23.3 Å². The van der Waals surface area contributed by atoms with E-state index in [1.165, 1.54) is 6.20 Å². The second kappa shape index (κ2) is 7.60. The van der Waals surface area contributed by atoms with Crippen molar-refractivity contribution >= 4 is 16.8 Å². The van der Waals surface area contributed by atoms with Crippen molar-refractivity contribution in [3.63, 3.8) is 0 Å². The van der Waals surface area contributed by atoms with Gasteiger partial charge in [-0.15, -0.1) is 0 Å². The van der Waals surface area contributed by atoms with Crippen LogP contribution < -0.4 is 4.74 Å². The highest BCUT2D eigenvalue weighted by atomic mass is 19.4. The monoisotopic (exact) mass is 423 g/mol. The fourth-order valence-electron chi connectivity index (χ4n) is 3.38. The van der Waals surface area contributed by atoms with Crippen molar-refractivity contribution in [1.82, 2.24) is 14.5 Å². The molecule has 0 radical (unpaired) electrons. The van der Waals surface area contributed by atoms with Gasteiger partial charge in [-0.3, -0.25) is 4.79 Å². The highest BCUT2D eigenvalue weighted by Crippen LogP contribution is 2.37. The van der Waals surface area contributed by atoms with E-state index in [-0.39, 0.29) is 11.8 Å². The minimum Gasteiger partial charge on any atom is -0.435 e. The molecule has 2 aromatic heterocycles. The number of ether oxygens (including phenoxy) is 2. The first kappa shape index (κ1) is 20.1. The van der Waals surface area contributed by atoms with Crippen LogP contribution in [-0.2, 0) is 18.0 Å². The summed E-state index contributed by atoms with van der Waals surface area (Å²) >= 11 is 0. The van der Waals surface area contributed by atoms with E-state index in [4.69, 9.17) is 9.47 Å². The molecule has 0 N–H and O–H groups in total. The number of morpholine rings is 1. The number of nitrogens with zero attached hydrogens (tertiary/aromatic N) is 3. The number of alkyl halides is 3. The lowest BCUT2D eigenvalue weighted by molar-refractivity contribution is -0.140. The fourth-order valence-corrected chi connectivity index (χ4v) is 3.38. The maximum absolute atomic E-state index is 14.4. The van der Waals surface area contributed by atoms with Gasteiger partial charge in [0.1, 0.15) is 0 Å². The Hall–Kier alpha value is -3.14. The van der Waals surface area contributed by atoms with E-state index >= 15 is 0 Å². The van der Waals surface area contributed by atoms with Gasteiger partial charge in [-0.25, -0.2) is 9.37 Å². The molecule has 6 nitrogen and oxygen atoms in total. The number of halogens is 4. The van der Waals surface area contributed by atoms with E-state index in [1.807, 2.05) is 0 Å². The molecule has 3 aromatic rings. The number of aromatic nitrogens is 2. The lowest BCUT2D eigenvalue weighted by Crippen LogP contribution is -2.40. The molecular weight excluding hydrogens is 406 g/mol. The minimum absolute atomic E-state index is 0.0950. The molecule has 1 aromatic carbocycles. The predicted molar refractivity (Wildman–Crippen MR) is 98.9 cm³/mol. The van der Waals surface area contributed by atoms with Crippen LogP contribution in [0.5, 0.6) is 11.6 Å². The average Bonchev–Trinajstić information content (AvgIpc) is 3.11. The molecule has 10 heteroatoms. The third-order valence-electron chi connectivity index (χ3n) is 4.87. The summed E-state index contributed by atoms with van der Waals surface area (Å²) in [5.41, 5.74) is -0.622. The molecule has 3 heterocycles. The average molecular weight is 423 g/mol. The standard InChI is InChI=1S/C20H17F4N3O3/c1-26-6-5-12-17(26)13(19(28)27-7-9-29-10-8-27)11-25-18(12)30-15-4-2-3-14(16(15)21)20(22,23)24/h2-6,11H,7-10H2,1H3. The van der Waals surface area contributed by atoms with Crippen LogP contribution in [0.15, 0.2) is 36.7 Å². The van der Waals surface area contributed by atoms with E-state index in [2.05, 4.69) is 4.98 Å². The molecule has 1 saturated heterocycles. The van der Waals surface area contributed by atoms with E-state index in [0.717, 1.165) is 12.1 Å². The highest BCUT2D eigenvalue weighted by molar-refractivity contribution is 6.06. The SMILES string of the molecule is Cn1ccc2c(Oc3cccc(C(F)(F)F)c3F)ncc(C(=O)N3CCOCC3)c21. The van der Waals surface area contributed by atoms with Crippen LogP contribution in [-0.4, -0.2) is 46.7 Å². The normalized spacial score (nSPS) is 14.9. The number of hydrogen-bond acceptors (Lipinski definition) is 4. The Balaban J connectivity index is 1.73. The Morgan fingerprint density at radius 2 is 1.93 bits per heavy atom. The first-order chi connectivity index (χ1) is 14.3. The first-order valence-electron chi connectivity index (χ1n) is 9.12. The molecule has 4 rings (SSSR count). The molecular formula is C20H17F4N3O3. The topological polar surface area (TPSA) is 56.6 Å². The van der Waals surface area contributed by atoms with Gasteiger partial charge in [0.25, 0.3) is 5.91 Å². The molecule has 0 spiro atoms. The lowest BCUT2D eigenvalue weighted by Gasteiger charge is -2.27. The second-order valence-corrected chi connectivity index (χ2v) is 6.79. The molecule has 1 fully saturated rings. The largest absolute Gasteiger partial charge is 0.435 e. The van der Waals surface area contributed by atoms with Crippen LogP contribution in [0.1, 0.15) is 15.9 Å². The van der Waals surface area contributed by atoms with Gasteiger partial charge in [-0.1, -0.05) is 6.07 Å². The summed E-state index contributed by atoms with van der Waals surface area (Å²) in [5, 5.41) is 0.383. The molecule has 0 atom stereocenters. The van der Waals surface area contributed by atoms with Gasteiger partial charge < -0.3 is 18.9 Å². The van der Waals surface area contributed by atoms with Crippen LogP contribution in [0.2, 0.25) is 0 Å². The molecule has 0 saturated carbocycles. The Morgan fingerprint density at radius 1 is 1.20 bits per heavy atom. The molecule has 30 heavy (non-hydrogen) atoms. The summed E-state index contributed by atoms with van der Waals surface area (Å²) in [6.07, 6.45) is -1.90. The predicted octanol–water partition coefficient (Wildman–Crippen LogP) is 4.00. The van der Waals surface area contributed by atoms with Crippen LogP contribution in [0, 0.1) is 5.82 Å². The summed E-state index contributed by atoms with van der Waals surface area (Å²) < 4.78 is 65.6. The van der Waals surface area contributed by atoms with Crippen molar-refractivity contribution < 1.29 is 31.8 Å².